The van der Waals surface area contributed by atoms with Gasteiger partial charge in [-0.15, -0.1) is 0 Å². The summed E-state index contributed by atoms with van der Waals surface area (Å²) < 4.78 is 0. The van der Waals surface area contributed by atoms with Crippen LogP contribution in [0.2, 0.25) is 0 Å². The first-order valence-corrected chi connectivity index (χ1v) is 4.51. The molecule has 0 nitrogen and oxygen atoms in total. The zero-order valence-electron chi connectivity index (χ0n) is 7.06. The molecular formula is C11H14. The first-order valence-electron chi connectivity index (χ1n) is 4.51. The first kappa shape index (κ1) is 6.90. The molecule has 0 unspecified atom stereocenters. The fourth-order valence-corrected chi connectivity index (χ4v) is 2.03. The van der Waals surface area contributed by atoms with Crippen molar-refractivity contribution in [2.45, 2.75) is 32.6 Å². The summed E-state index contributed by atoms with van der Waals surface area (Å²) in [6, 6.07) is 6.74. The SMILES string of the molecule is CCc1cccc2c1CCC2. The van der Waals surface area contributed by atoms with Crippen molar-refractivity contribution >= 4 is 0 Å². The molecule has 0 saturated carbocycles. The Morgan fingerprint density at radius 1 is 1.27 bits per heavy atom. The minimum atomic E-state index is 1.20. The van der Waals surface area contributed by atoms with Crippen LogP contribution in [0.15, 0.2) is 18.2 Å². The molecule has 1 aromatic carbocycles. The fraction of sp³-hybridized carbons (Fsp3) is 0.455. The van der Waals surface area contributed by atoms with Crippen LogP contribution in [-0.4, -0.2) is 0 Å². The Balaban J connectivity index is 2.50. The largest absolute Gasteiger partial charge is 0.0617 e. The number of rotatable bonds is 1. The van der Waals surface area contributed by atoms with Crippen LogP contribution in [0.25, 0.3) is 0 Å². The molecule has 58 valence electrons. The van der Waals surface area contributed by atoms with E-state index in [1.165, 1.54) is 25.7 Å². The number of benzene rings is 1. The van der Waals surface area contributed by atoms with E-state index in [1.54, 1.807) is 16.7 Å². The van der Waals surface area contributed by atoms with Crippen LogP contribution < -0.4 is 0 Å². The van der Waals surface area contributed by atoms with Gasteiger partial charge in [0.05, 0.1) is 0 Å². The third-order valence-electron chi connectivity index (χ3n) is 2.62. The van der Waals surface area contributed by atoms with Crippen molar-refractivity contribution in [3.63, 3.8) is 0 Å². The van der Waals surface area contributed by atoms with Crippen LogP contribution in [0.1, 0.15) is 30.0 Å². The Labute approximate surface area is 68.3 Å². The number of hydrogen-bond donors (Lipinski definition) is 0. The molecule has 0 aromatic heterocycles. The van der Waals surface area contributed by atoms with Gasteiger partial charge in [0.1, 0.15) is 0 Å². The van der Waals surface area contributed by atoms with Crippen molar-refractivity contribution in [3.8, 4) is 0 Å². The second-order valence-electron chi connectivity index (χ2n) is 3.26. The van der Waals surface area contributed by atoms with Crippen molar-refractivity contribution in [2.24, 2.45) is 0 Å². The van der Waals surface area contributed by atoms with E-state index in [1.807, 2.05) is 0 Å². The quantitative estimate of drug-likeness (QED) is 0.571. The van der Waals surface area contributed by atoms with Gasteiger partial charge < -0.3 is 0 Å². The highest BCUT2D eigenvalue weighted by atomic mass is 14.2. The Morgan fingerprint density at radius 3 is 3.00 bits per heavy atom. The average molecular weight is 146 g/mol. The monoisotopic (exact) mass is 146 g/mol. The highest BCUT2D eigenvalue weighted by Gasteiger charge is 2.12. The Bertz CT molecular complexity index is 261. The minimum absolute atomic E-state index is 1.20. The van der Waals surface area contributed by atoms with Gasteiger partial charge in [0.25, 0.3) is 0 Å². The highest BCUT2D eigenvalue weighted by Crippen LogP contribution is 2.25. The standard InChI is InChI=1S/C11H14/c1-2-9-5-3-6-10-7-4-8-11(9)10/h3,5-6H,2,4,7-8H2,1H3. The molecule has 0 saturated heterocycles. The lowest BCUT2D eigenvalue weighted by Crippen LogP contribution is -1.89. The van der Waals surface area contributed by atoms with E-state index in [-0.39, 0.29) is 0 Å². The van der Waals surface area contributed by atoms with Crippen molar-refractivity contribution in [2.75, 3.05) is 0 Å². The molecular weight excluding hydrogens is 132 g/mol. The molecule has 11 heavy (non-hydrogen) atoms. The van der Waals surface area contributed by atoms with Crippen molar-refractivity contribution < 1.29 is 0 Å². The van der Waals surface area contributed by atoms with E-state index in [0.717, 1.165) is 0 Å². The zero-order valence-corrected chi connectivity index (χ0v) is 7.06. The second-order valence-corrected chi connectivity index (χ2v) is 3.26. The molecule has 0 spiro atoms. The zero-order chi connectivity index (χ0) is 7.68. The summed E-state index contributed by atoms with van der Waals surface area (Å²) in [5.74, 6) is 0. The third kappa shape index (κ3) is 1.07. The van der Waals surface area contributed by atoms with Gasteiger partial charge in [-0.05, 0) is 42.4 Å². The lowest BCUT2D eigenvalue weighted by Gasteiger charge is -2.04. The fourth-order valence-electron chi connectivity index (χ4n) is 2.03. The van der Waals surface area contributed by atoms with Gasteiger partial charge in [-0.3, -0.25) is 0 Å². The molecule has 0 amide bonds. The molecule has 1 aliphatic rings. The molecule has 0 radical (unpaired) electrons. The summed E-state index contributed by atoms with van der Waals surface area (Å²) in [4.78, 5) is 0. The Hall–Kier alpha value is -0.780. The van der Waals surface area contributed by atoms with E-state index in [4.69, 9.17) is 0 Å². The van der Waals surface area contributed by atoms with Crippen LogP contribution >= 0.6 is 0 Å². The molecule has 0 atom stereocenters. The summed E-state index contributed by atoms with van der Waals surface area (Å²) in [6.07, 6.45) is 5.19. The molecule has 0 heterocycles. The van der Waals surface area contributed by atoms with Crippen molar-refractivity contribution in [1.82, 2.24) is 0 Å². The molecule has 0 N–H and O–H groups in total. The molecule has 0 heteroatoms. The number of hydrogen-bond acceptors (Lipinski definition) is 0. The van der Waals surface area contributed by atoms with Gasteiger partial charge >= 0.3 is 0 Å². The maximum Gasteiger partial charge on any atom is -0.0270 e. The molecule has 2 rings (SSSR count). The van der Waals surface area contributed by atoms with Crippen LogP contribution in [0.3, 0.4) is 0 Å². The van der Waals surface area contributed by atoms with E-state index in [2.05, 4.69) is 25.1 Å². The van der Waals surface area contributed by atoms with E-state index < -0.39 is 0 Å². The number of fused-ring (bicyclic) bond motifs is 1. The van der Waals surface area contributed by atoms with Crippen LogP contribution in [0, 0.1) is 0 Å². The Kier molecular flexibility index (Phi) is 1.69. The first-order chi connectivity index (χ1) is 5.42. The summed E-state index contributed by atoms with van der Waals surface area (Å²) in [5, 5.41) is 0. The summed E-state index contributed by atoms with van der Waals surface area (Å²) in [7, 11) is 0. The van der Waals surface area contributed by atoms with E-state index in [9.17, 15) is 0 Å². The second kappa shape index (κ2) is 2.69. The van der Waals surface area contributed by atoms with Gasteiger partial charge in [-0.1, -0.05) is 25.1 Å². The minimum Gasteiger partial charge on any atom is -0.0617 e. The molecule has 0 fully saturated rings. The van der Waals surface area contributed by atoms with Crippen LogP contribution in [-0.2, 0) is 19.3 Å². The summed E-state index contributed by atoms with van der Waals surface area (Å²) in [5.41, 5.74) is 4.82. The predicted molar refractivity (Wildman–Crippen MR) is 47.8 cm³/mol. The van der Waals surface area contributed by atoms with Gasteiger partial charge in [0, 0.05) is 0 Å². The molecule has 1 aromatic rings. The Morgan fingerprint density at radius 2 is 2.18 bits per heavy atom. The van der Waals surface area contributed by atoms with Gasteiger partial charge in [0.2, 0.25) is 0 Å². The van der Waals surface area contributed by atoms with Crippen LogP contribution in [0.5, 0.6) is 0 Å². The maximum absolute atomic E-state index is 2.28. The van der Waals surface area contributed by atoms with E-state index >= 15 is 0 Å². The maximum atomic E-state index is 2.28. The lowest BCUT2D eigenvalue weighted by atomic mass is 10.0. The molecule has 1 aliphatic carbocycles. The normalized spacial score (nSPS) is 15.0. The van der Waals surface area contributed by atoms with Gasteiger partial charge in [-0.25, -0.2) is 0 Å². The average Bonchev–Trinajstić information content (AvgIpc) is 2.50. The molecule has 0 bridgehead atoms. The smallest absolute Gasteiger partial charge is 0.0270 e. The van der Waals surface area contributed by atoms with Crippen molar-refractivity contribution in [3.05, 3.63) is 34.9 Å². The predicted octanol–water partition coefficient (Wildman–Crippen LogP) is 2.74. The number of aryl methyl sites for hydroxylation is 2. The van der Waals surface area contributed by atoms with Crippen molar-refractivity contribution in [1.29, 1.82) is 0 Å². The van der Waals surface area contributed by atoms with Gasteiger partial charge in [0.15, 0.2) is 0 Å². The summed E-state index contributed by atoms with van der Waals surface area (Å²) >= 11 is 0. The summed E-state index contributed by atoms with van der Waals surface area (Å²) in [6.45, 7) is 2.24. The van der Waals surface area contributed by atoms with E-state index in [0.29, 0.717) is 0 Å². The molecule has 0 aliphatic heterocycles. The lowest BCUT2D eigenvalue weighted by molar-refractivity contribution is 0.905. The van der Waals surface area contributed by atoms with Crippen LogP contribution in [0.4, 0.5) is 0 Å². The van der Waals surface area contributed by atoms with Gasteiger partial charge in [-0.2, -0.15) is 0 Å². The topological polar surface area (TPSA) is 0 Å². The highest BCUT2D eigenvalue weighted by molar-refractivity contribution is 5.38. The third-order valence-corrected chi connectivity index (χ3v) is 2.62.